The number of aliphatic hydroxyl groups excluding tert-OH is 4. The number of nitrogens with zero attached hydrogens (tertiary/aromatic N) is 5. The van der Waals surface area contributed by atoms with E-state index in [0.717, 1.165) is 6.33 Å². The van der Waals surface area contributed by atoms with Gasteiger partial charge in [0.05, 0.1) is 19.5 Å². The summed E-state index contributed by atoms with van der Waals surface area (Å²) in [4.78, 5) is 43.3. The monoisotopic (exact) mass is 687 g/mol. The number of phosphoric ester groups is 2. The van der Waals surface area contributed by atoms with Crippen molar-refractivity contribution in [1.29, 1.82) is 0 Å². The summed E-state index contributed by atoms with van der Waals surface area (Å²) >= 11 is 0. The minimum Gasteiger partial charge on any atom is -0.387 e. The molecule has 3 aromatic rings. The minimum absolute atomic E-state index is 0. The number of carbonyl (C=O) groups is 1. The van der Waals surface area contributed by atoms with E-state index in [2.05, 4.69) is 23.8 Å². The third kappa shape index (κ3) is 7.77. The number of hydrogen-bond acceptors (Lipinski definition) is 16. The SMILES string of the molecule is NC(=O)c1ccc[n+]([C@@H]2O[C@H](COP(=O)(O)OP(=O)(O)OC[C@H]3O[C@@H](n4cnc5c(N)ncnc54)[C@H](O)[C@@H]3O)[C@@H](O)[C@H]2O)c1.[Na]. The third-order valence-corrected chi connectivity index (χ3v) is 9.35. The zero-order valence-electron chi connectivity index (χ0n) is 23.2. The second kappa shape index (κ2) is 14.0. The van der Waals surface area contributed by atoms with Crippen molar-refractivity contribution in [2.24, 2.45) is 5.73 Å². The molecular weight excluding hydrogens is 659 g/mol. The van der Waals surface area contributed by atoms with Crippen LogP contribution in [0.1, 0.15) is 22.8 Å². The summed E-state index contributed by atoms with van der Waals surface area (Å²) < 4.78 is 52.0. The van der Waals surface area contributed by atoms with Gasteiger partial charge in [0, 0.05) is 35.6 Å². The van der Waals surface area contributed by atoms with Crippen LogP contribution in [0.15, 0.2) is 37.2 Å². The molecule has 2 saturated heterocycles. The van der Waals surface area contributed by atoms with E-state index >= 15 is 0 Å². The first-order valence-electron chi connectivity index (χ1n) is 12.6. The van der Waals surface area contributed by atoms with Gasteiger partial charge in [0.25, 0.3) is 12.1 Å². The van der Waals surface area contributed by atoms with Gasteiger partial charge in [-0.05, 0) is 6.07 Å². The molecule has 241 valence electrons. The second-order valence-electron chi connectivity index (χ2n) is 9.69. The van der Waals surface area contributed by atoms with Crippen LogP contribution in [-0.2, 0) is 32.0 Å². The molecule has 0 spiro atoms. The van der Waals surface area contributed by atoms with E-state index in [1.165, 1.54) is 40.0 Å². The van der Waals surface area contributed by atoms with E-state index in [0.29, 0.717) is 0 Å². The van der Waals surface area contributed by atoms with Gasteiger partial charge in [0.2, 0.25) is 0 Å². The molecule has 0 aromatic carbocycles. The first-order valence-corrected chi connectivity index (χ1v) is 15.6. The fraction of sp³-hybridized carbons (Fsp3) is 0.476. The van der Waals surface area contributed by atoms with Crippen molar-refractivity contribution >= 4 is 68.1 Å². The van der Waals surface area contributed by atoms with E-state index in [1.807, 2.05) is 0 Å². The minimum atomic E-state index is -5.37. The summed E-state index contributed by atoms with van der Waals surface area (Å²) in [7, 11) is -10.7. The van der Waals surface area contributed by atoms with Crippen LogP contribution in [0, 0.1) is 0 Å². The predicted molar refractivity (Wildman–Crippen MR) is 145 cm³/mol. The molecule has 10 atom stereocenters. The Bertz CT molecular complexity index is 1640. The Hall–Kier alpha value is -2.01. The summed E-state index contributed by atoms with van der Waals surface area (Å²) in [5, 5.41) is 41.6. The average Bonchev–Trinajstić information content (AvgIpc) is 3.61. The average molecular weight is 687 g/mol. The van der Waals surface area contributed by atoms with Crippen molar-refractivity contribution in [3.8, 4) is 0 Å². The first kappa shape index (κ1) is 35.8. The van der Waals surface area contributed by atoms with Crippen molar-refractivity contribution in [3.63, 3.8) is 0 Å². The molecule has 3 aromatic heterocycles. The van der Waals surface area contributed by atoms with Gasteiger partial charge in [-0.3, -0.25) is 18.4 Å². The summed E-state index contributed by atoms with van der Waals surface area (Å²) in [5.74, 6) is -0.714. The van der Waals surface area contributed by atoms with Crippen molar-refractivity contribution in [2.45, 2.75) is 49.1 Å². The molecular formula is C21H28N7NaO14P2+. The number of phosphoric acid groups is 2. The predicted octanol–water partition coefficient (Wildman–Crippen LogP) is -3.40. The topological polar surface area (TPSA) is 318 Å². The molecule has 5 heterocycles. The Kier molecular flexibility index (Phi) is 11.1. The number of amides is 1. The molecule has 2 aliphatic heterocycles. The third-order valence-electron chi connectivity index (χ3n) is 6.75. The summed E-state index contributed by atoms with van der Waals surface area (Å²) in [5.41, 5.74) is 11.4. The standard InChI is InChI=1S/C21H27N7O14P2.Na/c22-17-12-19(25-7-24-17)28(8-26-12)21-16(32)14(30)11(41-21)6-39-44(36,37)42-43(34,35)38-5-10-13(29)15(31)20(40-10)27-3-1-2-9(4-27)18(23)33;/h1-4,7-8,10-11,13-16,20-21,29-32H,5-6H2,(H5-,22,23,24,25,33,34,35,36,37);/p+1/t10-,11-,13-,14-,15-,16-,20-,21-;/m1./s1. The Labute approximate surface area is 274 Å². The van der Waals surface area contributed by atoms with Gasteiger partial charge >= 0.3 is 15.6 Å². The maximum atomic E-state index is 12.4. The number of aromatic nitrogens is 5. The molecule has 24 heteroatoms. The smallest absolute Gasteiger partial charge is 0.387 e. The Morgan fingerprint density at radius 1 is 0.978 bits per heavy atom. The summed E-state index contributed by atoms with van der Waals surface area (Å²) in [6, 6.07) is 2.83. The van der Waals surface area contributed by atoms with Gasteiger partial charge in [-0.1, -0.05) is 0 Å². The van der Waals surface area contributed by atoms with E-state index in [1.54, 1.807) is 0 Å². The van der Waals surface area contributed by atoms with Gasteiger partial charge in [0.15, 0.2) is 36.2 Å². The van der Waals surface area contributed by atoms with E-state index in [4.69, 9.17) is 25.5 Å². The van der Waals surface area contributed by atoms with Gasteiger partial charge in [-0.2, -0.15) is 8.88 Å². The number of rotatable bonds is 11. The normalized spacial score (nSPS) is 30.9. The maximum absolute atomic E-state index is 12.4. The number of pyridine rings is 1. The molecule has 2 aliphatic rings. The number of anilines is 1. The molecule has 1 amide bonds. The van der Waals surface area contributed by atoms with Crippen LogP contribution >= 0.6 is 15.6 Å². The maximum Gasteiger partial charge on any atom is 0.481 e. The van der Waals surface area contributed by atoms with E-state index in [-0.39, 0.29) is 52.1 Å². The quantitative estimate of drug-likeness (QED) is 0.0553. The zero-order chi connectivity index (χ0) is 32.0. The van der Waals surface area contributed by atoms with Crippen LogP contribution in [-0.4, -0.2) is 135 Å². The van der Waals surface area contributed by atoms with Gasteiger partial charge < -0.3 is 51.2 Å². The molecule has 0 bridgehead atoms. The Balaban J connectivity index is 0.00000461. The molecule has 5 rings (SSSR count). The van der Waals surface area contributed by atoms with Crippen molar-refractivity contribution in [2.75, 3.05) is 18.9 Å². The number of hydrogen-bond donors (Lipinski definition) is 8. The van der Waals surface area contributed by atoms with Crippen molar-refractivity contribution in [1.82, 2.24) is 19.5 Å². The van der Waals surface area contributed by atoms with Crippen LogP contribution in [0.4, 0.5) is 5.82 Å². The van der Waals surface area contributed by atoms with E-state index < -0.39 is 83.8 Å². The van der Waals surface area contributed by atoms with Crippen molar-refractivity contribution in [3.05, 3.63) is 42.7 Å². The number of nitrogen functional groups attached to an aromatic ring is 1. The van der Waals surface area contributed by atoms with Crippen molar-refractivity contribution < 1.29 is 71.5 Å². The molecule has 0 saturated carbocycles. The van der Waals surface area contributed by atoms with E-state index in [9.17, 15) is 44.1 Å². The van der Waals surface area contributed by atoms with Gasteiger partial charge in [-0.25, -0.2) is 24.1 Å². The molecule has 10 N–H and O–H groups in total. The van der Waals surface area contributed by atoms with Crippen LogP contribution in [0.2, 0.25) is 0 Å². The fourth-order valence-electron chi connectivity index (χ4n) is 4.58. The number of nitrogens with two attached hydrogens (primary N) is 2. The molecule has 1 radical (unpaired) electrons. The Morgan fingerprint density at radius 2 is 1.60 bits per heavy atom. The second-order valence-corrected chi connectivity index (χ2v) is 12.7. The van der Waals surface area contributed by atoms with Crippen LogP contribution in [0.25, 0.3) is 11.2 Å². The number of imidazole rings is 1. The fourth-order valence-corrected chi connectivity index (χ4v) is 6.67. The first-order chi connectivity index (χ1) is 20.7. The molecule has 0 aliphatic carbocycles. The number of carbonyl (C=O) groups excluding carboxylic acids is 1. The largest absolute Gasteiger partial charge is 0.481 e. The summed E-state index contributed by atoms with van der Waals surface area (Å²) in [6.07, 6.45) is -6.85. The zero-order valence-corrected chi connectivity index (χ0v) is 27.0. The van der Waals surface area contributed by atoms with Crippen LogP contribution in [0.3, 0.4) is 0 Å². The number of fused-ring (bicyclic) bond motifs is 1. The molecule has 45 heavy (non-hydrogen) atoms. The molecule has 2 unspecified atom stereocenters. The summed E-state index contributed by atoms with van der Waals surface area (Å²) in [6.45, 7) is -1.80. The number of primary amides is 1. The Morgan fingerprint density at radius 3 is 2.24 bits per heavy atom. The van der Waals surface area contributed by atoms with Gasteiger partial charge in [0.1, 0.15) is 47.9 Å². The molecule has 21 nitrogen and oxygen atoms in total. The van der Waals surface area contributed by atoms with Crippen LogP contribution < -0.4 is 16.0 Å². The van der Waals surface area contributed by atoms with Crippen LogP contribution in [0.5, 0.6) is 0 Å². The number of ether oxygens (including phenoxy) is 2. The number of aliphatic hydroxyl groups is 4. The molecule has 2 fully saturated rings. The van der Waals surface area contributed by atoms with Gasteiger partial charge in [-0.15, -0.1) is 0 Å².